The van der Waals surface area contributed by atoms with Crippen molar-refractivity contribution in [3.63, 3.8) is 0 Å². The zero-order valence-corrected chi connectivity index (χ0v) is 9.23. The van der Waals surface area contributed by atoms with E-state index in [-0.39, 0.29) is 5.75 Å². The van der Waals surface area contributed by atoms with Gasteiger partial charge >= 0.3 is 0 Å². The summed E-state index contributed by atoms with van der Waals surface area (Å²) in [6.45, 7) is 6.08. The molecule has 0 saturated carbocycles. The molecular formula is C14H14O2. The molecule has 16 heavy (non-hydrogen) atoms. The van der Waals surface area contributed by atoms with E-state index in [4.69, 9.17) is 4.74 Å². The Labute approximate surface area is 94.8 Å². The van der Waals surface area contributed by atoms with E-state index in [2.05, 4.69) is 6.58 Å². The number of hydrogen-bond donors (Lipinski definition) is 1. The molecule has 2 aromatic rings. The summed E-state index contributed by atoms with van der Waals surface area (Å²) in [7, 11) is 0. The van der Waals surface area contributed by atoms with Crippen LogP contribution in [0.3, 0.4) is 0 Å². The average Bonchev–Trinajstić information content (AvgIpc) is 2.27. The Balaban J connectivity index is 2.48. The monoisotopic (exact) mass is 214 g/mol. The summed E-state index contributed by atoms with van der Waals surface area (Å²) >= 11 is 0. The first-order chi connectivity index (χ1) is 7.68. The molecule has 0 aliphatic carbocycles. The molecule has 0 heterocycles. The summed E-state index contributed by atoms with van der Waals surface area (Å²) in [5.74, 6) is 0.695. The van der Waals surface area contributed by atoms with Gasteiger partial charge in [0.1, 0.15) is 6.61 Å². The third kappa shape index (κ3) is 2.01. The molecule has 2 rings (SSSR count). The van der Waals surface area contributed by atoms with E-state index in [0.29, 0.717) is 12.4 Å². The average molecular weight is 214 g/mol. The summed E-state index contributed by atoms with van der Waals surface area (Å²) in [6.07, 6.45) is 0. The van der Waals surface area contributed by atoms with Crippen LogP contribution in [0.4, 0.5) is 0 Å². The summed E-state index contributed by atoms with van der Waals surface area (Å²) in [4.78, 5) is 0. The van der Waals surface area contributed by atoms with E-state index in [1.165, 1.54) is 0 Å². The zero-order valence-electron chi connectivity index (χ0n) is 9.23. The first kappa shape index (κ1) is 10.6. The third-order valence-electron chi connectivity index (χ3n) is 2.32. The van der Waals surface area contributed by atoms with Crippen LogP contribution in [0.25, 0.3) is 10.8 Å². The Morgan fingerprint density at radius 1 is 1.25 bits per heavy atom. The maximum absolute atomic E-state index is 9.77. The van der Waals surface area contributed by atoms with Gasteiger partial charge in [-0.15, -0.1) is 0 Å². The molecule has 1 N–H and O–H groups in total. The molecule has 0 fully saturated rings. The van der Waals surface area contributed by atoms with Crippen molar-refractivity contribution >= 4 is 10.8 Å². The number of benzene rings is 2. The van der Waals surface area contributed by atoms with Crippen molar-refractivity contribution in [2.75, 3.05) is 6.61 Å². The van der Waals surface area contributed by atoms with Gasteiger partial charge in [-0.1, -0.05) is 36.9 Å². The number of aromatic hydroxyl groups is 1. The van der Waals surface area contributed by atoms with Crippen molar-refractivity contribution in [1.82, 2.24) is 0 Å². The van der Waals surface area contributed by atoms with Gasteiger partial charge in [-0.05, 0) is 23.9 Å². The molecule has 82 valence electrons. The third-order valence-corrected chi connectivity index (χ3v) is 2.32. The Hall–Kier alpha value is -1.96. The van der Waals surface area contributed by atoms with Gasteiger partial charge in [-0.3, -0.25) is 0 Å². The van der Waals surface area contributed by atoms with Gasteiger partial charge in [0.15, 0.2) is 11.5 Å². The molecule has 2 nitrogen and oxygen atoms in total. The highest BCUT2D eigenvalue weighted by molar-refractivity contribution is 5.90. The summed E-state index contributed by atoms with van der Waals surface area (Å²) in [6, 6.07) is 11.3. The molecule has 0 unspecified atom stereocenters. The molecule has 0 saturated heterocycles. The van der Waals surface area contributed by atoms with Crippen LogP contribution >= 0.6 is 0 Å². The number of ether oxygens (including phenoxy) is 1. The molecular weight excluding hydrogens is 200 g/mol. The predicted octanol–water partition coefficient (Wildman–Crippen LogP) is 3.50. The summed E-state index contributed by atoms with van der Waals surface area (Å²) < 4.78 is 5.56. The fourth-order valence-electron chi connectivity index (χ4n) is 1.58. The maximum Gasteiger partial charge on any atom is 0.169 e. The smallest absolute Gasteiger partial charge is 0.169 e. The van der Waals surface area contributed by atoms with E-state index >= 15 is 0 Å². The SMILES string of the molecule is C=C(C)COc1c(O)ccc2ccccc12. The molecule has 0 aliphatic rings. The van der Waals surface area contributed by atoms with E-state index in [1.807, 2.05) is 37.3 Å². The van der Waals surface area contributed by atoms with Gasteiger partial charge in [0.05, 0.1) is 0 Å². The Morgan fingerprint density at radius 3 is 2.75 bits per heavy atom. The fraction of sp³-hybridized carbons (Fsp3) is 0.143. The van der Waals surface area contributed by atoms with Crippen LogP contribution in [0, 0.1) is 0 Å². The highest BCUT2D eigenvalue weighted by Crippen LogP contribution is 2.34. The van der Waals surface area contributed by atoms with Gasteiger partial charge in [0, 0.05) is 5.39 Å². The first-order valence-corrected chi connectivity index (χ1v) is 5.16. The minimum Gasteiger partial charge on any atom is -0.504 e. The van der Waals surface area contributed by atoms with E-state index in [0.717, 1.165) is 16.3 Å². The second-order valence-corrected chi connectivity index (χ2v) is 3.88. The van der Waals surface area contributed by atoms with Crippen molar-refractivity contribution < 1.29 is 9.84 Å². The molecule has 0 amide bonds. The van der Waals surface area contributed by atoms with Gasteiger partial charge < -0.3 is 9.84 Å². The highest BCUT2D eigenvalue weighted by Gasteiger charge is 2.07. The molecule has 0 spiro atoms. The van der Waals surface area contributed by atoms with Gasteiger partial charge in [-0.25, -0.2) is 0 Å². The molecule has 2 heteroatoms. The normalized spacial score (nSPS) is 10.3. The number of hydrogen-bond acceptors (Lipinski definition) is 2. The lowest BCUT2D eigenvalue weighted by Gasteiger charge is -2.10. The van der Waals surface area contributed by atoms with Crippen LogP contribution in [-0.2, 0) is 0 Å². The Bertz CT molecular complexity index is 529. The van der Waals surface area contributed by atoms with Gasteiger partial charge in [-0.2, -0.15) is 0 Å². The van der Waals surface area contributed by atoms with Gasteiger partial charge in [0.25, 0.3) is 0 Å². The Kier molecular flexibility index (Phi) is 2.82. The maximum atomic E-state index is 9.77. The number of phenols is 1. The lowest BCUT2D eigenvalue weighted by atomic mass is 10.1. The van der Waals surface area contributed by atoms with E-state index < -0.39 is 0 Å². The molecule has 0 aromatic heterocycles. The standard InChI is InChI=1S/C14H14O2/c1-10(2)9-16-14-12-6-4-3-5-11(12)7-8-13(14)15/h3-8,15H,1,9H2,2H3. The first-order valence-electron chi connectivity index (χ1n) is 5.16. The van der Waals surface area contributed by atoms with Crippen LogP contribution in [0.1, 0.15) is 6.92 Å². The molecule has 0 bridgehead atoms. The van der Waals surface area contributed by atoms with Crippen LogP contribution in [0.2, 0.25) is 0 Å². The van der Waals surface area contributed by atoms with Crippen LogP contribution in [0.5, 0.6) is 11.5 Å². The van der Waals surface area contributed by atoms with Gasteiger partial charge in [0.2, 0.25) is 0 Å². The largest absolute Gasteiger partial charge is 0.504 e. The van der Waals surface area contributed by atoms with Crippen molar-refractivity contribution in [3.05, 3.63) is 48.6 Å². The van der Waals surface area contributed by atoms with Crippen molar-refractivity contribution in [2.45, 2.75) is 6.92 Å². The summed E-state index contributed by atoms with van der Waals surface area (Å²) in [5.41, 5.74) is 0.923. The van der Waals surface area contributed by atoms with Crippen LogP contribution < -0.4 is 4.74 Å². The summed E-state index contributed by atoms with van der Waals surface area (Å²) in [5, 5.41) is 11.7. The van der Waals surface area contributed by atoms with E-state index in [9.17, 15) is 5.11 Å². The highest BCUT2D eigenvalue weighted by atomic mass is 16.5. The second kappa shape index (κ2) is 4.27. The number of rotatable bonds is 3. The second-order valence-electron chi connectivity index (χ2n) is 3.88. The molecule has 0 atom stereocenters. The number of fused-ring (bicyclic) bond motifs is 1. The van der Waals surface area contributed by atoms with Crippen molar-refractivity contribution in [1.29, 1.82) is 0 Å². The van der Waals surface area contributed by atoms with Crippen LogP contribution in [-0.4, -0.2) is 11.7 Å². The van der Waals surface area contributed by atoms with E-state index in [1.54, 1.807) is 6.07 Å². The quantitative estimate of drug-likeness (QED) is 0.792. The molecule has 0 aliphatic heterocycles. The lowest BCUT2D eigenvalue weighted by molar-refractivity contribution is 0.332. The minimum atomic E-state index is 0.167. The Morgan fingerprint density at radius 2 is 2.00 bits per heavy atom. The lowest BCUT2D eigenvalue weighted by Crippen LogP contribution is -1.98. The molecule has 2 aromatic carbocycles. The predicted molar refractivity (Wildman–Crippen MR) is 65.9 cm³/mol. The van der Waals surface area contributed by atoms with Crippen LogP contribution in [0.15, 0.2) is 48.6 Å². The van der Waals surface area contributed by atoms with Crippen molar-refractivity contribution in [3.8, 4) is 11.5 Å². The number of phenolic OH excluding ortho intramolecular Hbond substituents is 1. The van der Waals surface area contributed by atoms with Crippen molar-refractivity contribution in [2.24, 2.45) is 0 Å². The topological polar surface area (TPSA) is 29.5 Å². The fourth-order valence-corrected chi connectivity index (χ4v) is 1.58. The minimum absolute atomic E-state index is 0.167. The zero-order chi connectivity index (χ0) is 11.5. The molecule has 0 radical (unpaired) electrons.